The minimum absolute atomic E-state index is 0.0125. The molecule has 21 heavy (non-hydrogen) atoms. The summed E-state index contributed by atoms with van der Waals surface area (Å²) in [5.74, 6) is 0.0300. The van der Waals surface area contributed by atoms with Gasteiger partial charge in [0.2, 0.25) is 5.89 Å². The summed E-state index contributed by atoms with van der Waals surface area (Å²) in [5, 5.41) is 10.9. The quantitative estimate of drug-likeness (QED) is 0.944. The van der Waals surface area contributed by atoms with Gasteiger partial charge in [-0.3, -0.25) is 0 Å². The van der Waals surface area contributed by atoms with Gasteiger partial charge >= 0.3 is 6.36 Å². The van der Waals surface area contributed by atoms with Gasteiger partial charge in [-0.05, 0) is 31.5 Å². The number of rotatable bonds is 3. The predicted molar refractivity (Wildman–Crippen MR) is 66.4 cm³/mol. The van der Waals surface area contributed by atoms with E-state index in [1.54, 1.807) is 6.07 Å². The summed E-state index contributed by atoms with van der Waals surface area (Å²) >= 11 is 0. The van der Waals surface area contributed by atoms with Crippen LogP contribution in [0.3, 0.4) is 0 Å². The van der Waals surface area contributed by atoms with E-state index in [4.69, 9.17) is 4.42 Å². The van der Waals surface area contributed by atoms with E-state index in [0.29, 0.717) is 5.89 Å². The SMILES string of the molecule is FC(F)(F)Oc1ccccc1-c1nnc([C@@H]2CCCN2)o1. The molecule has 1 saturated heterocycles. The molecule has 0 aliphatic carbocycles. The summed E-state index contributed by atoms with van der Waals surface area (Å²) in [6, 6.07) is 5.64. The number of nitrogens with one attached hydrogen (secondary N) is 1. The molecule has 1 aromatic heterocycles. The van der Waals surface area contributed by atoms with Crippen molar-refractivity contribution in [3.8, 4) is 17.2 Å². The Balaban J connectivity index is 1.90. The third-order valence-electron chi connectivity index (χ3n) is 3.14. The van der Waals surface area contributed by atoms with Gasteiger partial charge in [0, 0.05) is 0 Å². The highest BCUT2D eigenvalue weighted by atomic mass is 19.4. The average molecular weight is 299 g/mol. The molecule has 5 nitrogen and oxygen atoms in total. The van der Waals surface area contributed by atoms with Crippen LogP contribution in [0.5, 0.6) is 5.75 Å². The van der Waals surface area contributed by atoms with Crippen LogP contribution in [0.2, 0.25) is 0 Å². The highest BCUT2D eigenvalue weighted by Gasteiger charge is 2.33. The molecule has 1 atom stereocenters. The lowest BCUT2D eigenvalue weighted by molar-refractivity contribution is -0.274. The zero-order chi connectivity index (χ0) is 14.9. The Hall–Kier alpha value is -2.09. The Morgan fingerprint density at radius 3 is 2.76 bits per heavy atom. The first-order chi connectivity index (χ1) is 10.0. The lowest BCUT2D eigenvalue weighted by Gasteiger charge is -2.11. The van der Waals surface area contributed by atoms with Gasteiger partial charge in [0.05, 0.1) is 11.6 Å². The minimum Gasteiger partial charge on any atom is -0.419 e. The molecule has 0 unspecified atom stereocenters. The summed E-state index contributed by atoms with van der Waals surface area (Å²) in [5.41, 5.74) is 0.117. The fourth-order valence-corrected chi connectivity index (χ4v) is 2.24. The van der Waals surface area contributed by atoms with Crippen LogP contribution in [0, 0.1) is 0 Å². The van der Waals surface area contributed by atoms with E-state index in [0.717, 1.165) is 19.4 Å². The Morgan fingerprint density at radius 2 is 2.05 bits per heavy atom. The molecule has 1 aliphatic rings. The average Bonchev–Trinajstić information content (AvgIpc) is 3.08. The molecule has 0 bridgehead atoms. The summed E-state index contributed by atoms with van der Waals surface area (Å²) in [7, 11) is 0. The topological polar surface area (TPSA) is 60.2 Å². The van der Waals surface area contributed by atoms with E-state index in [-0.39, 0.29) is 23.2 Å². The van der Waals surface area contributed by atoms with Crippen LogP contribution in [-0.2, 0) is 0 Å². The van der Waals surface area contributed by atoms with Crippen LogP contribution >= 0.6 is 0 Å². The Bertz CT molecular complexity index is 621. The normalized spacial score (nSPS) is 18.9. The van der Waals surface area contributed by atoms with Gasteiger partial charge in [-0.2, -0.15) is 0 Å². The molecule has 1 aromatic carbocycles. The van der Waals surface area contributed by atoms with Gasteiger partial charge < -0.3 is 14.5 Å². The van der Waals surface area contributed by atoms with E-state index in [1.807, 2.05) is 0 Å². The van der Waals surface area contributed by atoms with Gasteiger partial charge in [-0.25, -0.2) is 0 Å². The lowest BCUT2D eigenvalue weighted by Crippen LogP contribution is -2.17. The van der Waals surface area contributed by atoms with Crippen molar-refractivity contribution in [2.45, 2.75) is 25.2 Å². The zero-order valence-corrected chi connectivity index (χ0v) is 10.9. The number of nitrogens with zero attached hydrogens (tertiary/aromatic N) is 2. The zero-order valence-electron chi connectivity index (χ0n) is 10.9. The monoisotopic (exact) mass is 299 g/mol. The smallest absolute Gasteiger partial charge is 0.419 e. The van der Waals surface area contributed by atoms with Crippen molar-refractivity contribution in [3.05, 3.63) is 30.2 Å². The number of hydrogen-bond acceptors (Lipinski definition) is 5. The highest BCUT2D eigenvalue weighted by Crippen LogP contribution is 2.34. The maximum atomic E-state index is 12.4. The van der Waals surface area contributed by atoms with Crippen molar-refractivity contribution in [2.75, 3.05) is 6.54 Å². The van der Waals surface area contributed by atoms with Gasteiger partial charge in [0.15, 0.2) is 0 Å². The van der Waals surface area contributed by atoms with Crippen LogP contribution in [-0.4, -0.2) is 23.1 Å². The van der Waals surface area contributed by atoms with E-state index >= 15 is 0 Å². The second-order valence-corrected chi connectivity index (χ2v) is 4.64. The molecule has 0 saturated carbocycles. The molecule has 2 heterocycles. The van der Waals surface area contributed by atoms with Gasteiger partial charge in [0.1, 0.15) is 5.75 Å². The van der Waals surface area contributed by atoms with Crippen LogP contribution in [0.1, 0.15) is 24.8 Å². The predicted octanol–water partition coefficient (Wildman–Crippen LogP) is 3.06. The summed E-state index contributed by atoms with van der Waals surface area (Å²) in [4.78, 5) is 0. The fraction of sp³-hybridized carbons (Fsp3) is 0.385. The van der Waals surface area contributed by atoms with Crippen molar-refractivity contribution < 1.29 is 22.3 Å². The molecule has 3 rings (SSSR count). The molecule has 112 valence electrons. The van der Waals surface area contributed by atoms with Crippen molar-refractivity contribution in [1.29, 1.82) is 0 Å². The number of aromatic nitrogens is 2. The Labute approximate surface area is 118 Å². The van der Waals surface area contributed by atoms with E-state index < -0.39 is 6.36 Å². The van der Waals surface area contributed by atoms with Crippen LogP contribution in [0.25, 0.3) is 11.5 Å². The second kappa shape index (κ2) is 5.36. The number of hydrogen-bond donors (Lipinski definition) is 1. The van der Waals surface area contributed by atoms with E-state index in [2.05, 4.69) is 20.3 Å². The third-order valence-corrected chi connectivity index (χ3v) is 3.14. The highest BCUT2D eigenvalue weighted by molar-refractivity contribution is 5.62. The molecule has 2 aromatic rings. The molecule has 0 spiro atoms. The standard InChI is InChI=1S/C13H12F3N3O2/c14-13(15,16)21-10-6-2-1-4-8(10)11-18-19-12(20-11)9-5-3-7-17-9/h1-2,4,6,9,17H,3,5,7H2/t9-/m0/s1. The van der Waals surface area contributed by atoms with Crippen LogP contribution < -0.4 is 10.1 Å². The second-order valence-electron chi connectivity index (χ2n) is 4.64. The van der Waals surface area contributed by atoms with Crippen molar-refractivity contribution >= 4 is 0 Å². The largest absolute Gasteiger partial charge is 0.573 e. The molecular weight excluding hydrogens is 287 g/mol. The number of halogens is 3. The Morgan fingerprint density at radius 1 is 1.24 bits per heavy atom. The molecule has 1 aliphatic heterocycles. The first kappa shape index (κ1) is 13.9. The molecule has 0 amide bonds. The van der Waals surface area contributed by atoms with Crippen LogP contribution in [0.4, 0.5) is 13.2 Å². The maximum absolute atomic E-state index is 12.4. The van der Waals surface area contributed by atoms with Crippen molar-refractivity contribution in [3.63, 3.8) is 0 Å². The minimum atomic E-state index is -4.77. The van der Waals surface area contributed by atoms with Crippen LogP contribution in [0.15, 0.2) is 28.7 Å². The van der Waals surface area contributed by atoms with Gasteiger partial charge in [-0.1, -0.05) is 12.1 Å². The molecule has 0 radical (unpaired) electrons. The number of para-hydroxylation sites is 1. The fourth-order valence-electron chi connectivity index (χ4n) is 2.24. The first-order valence-corrected chi connectivity index (χ1v) is 6.45. The summed E-state index contributed by atoms with van der Waals surface area (Å²) in [6.45, 7) is 0.857. The summed E-state index contributed by atoms with van der Waals surface area (Å²) in [6.07, 6.45) is -2.91. The van der Waals surface area contributed by atoms with Crippen molar-refractivity contribution in [1.82, 2.24) is 15.5 Å². The number of benzene rings is 1. The molecule has 1 N–H and O–H groups in total. The molecule has 1 fully saturated rings. The van der Waals surface area contributed by atoms with Gasteiger partial charge in [-0.15, -0.1) is 23.4 Å². The van der Waals surface area contributed by atoms with Gasteiger partial charge in [0.25, 0.3) is 5.89 Å². The van der Waals surface area contributed by atoms with E-state index in [1.165, 1.54) is 18.2 Å². The van der Waals surface area contributed by atoms with Crippen molar-refractivity contribution in [2.24, 2.45) is 0 Å². The Kier molecular flexibility index (Phi) is 3.54. The first-order valence-electron chi connectivity index (χ1n) is 6.45. The number of alkyl halides is 3. The summed E-state index contributed by atoms with van der Waals surface area (Å²) < 4.78 is 46.6. The molecular formula is C13H12F3N3O2. The lowest BCUT2D eigenvalue weighted by atomic mass is 10.2. The third kappa shape index (κ3) is 3.15. The maximum Gasteiger partial charge on any atom is 0.573 e. The molecule has 8 heteroatoms. The van der Waals surface area contributed by atoms with E-state index in [9.17, 15) is 13.2 Å². The number of ether oxygens (including phenoxy) is 1.